The van der Waals surface area contributed by atoms with Gasteiger partial charge in [-0.25, -0.2) is 0 Å². The van der Waals surface area contributed by atoms with E-state index in [1.165, 1.54) is 26.4 Å². The van der Waals surface area contributed by atoms with Crippen LogP contribution in [0.25, 0.3) is 0 Å². The van der Waals surface area contributed by atoms with Gasteiger partial charge in [-0.3, -0.25) is 5.43 Å². The molecule has 0 radical (unpaired) electrons. The Bertz CT molecular complexity index is 548. The third kappa shape index (κ3) is 4.59. The van der Waals surface area contributed by atoms with E-state index < -0.39 is 0 Å². The normalized spacial score (nSPS) is 21.5. The van der Waals surface area contributed by atoms with Crippen molar-refractivity contribution < 1.29 is 9.84 Å². The maximum atomic E-state index is 9.54. The van der Waals surface area contributed by atoms with Gasteiger partial charge in [0, 0.05) is 6.04 Å². The van der Waals surface area contributed by atoms with Crippen LogP contribution in [0.4, 0.5) is 0 Å². The number of phenols is 1. The van der Waals surface area contributed by atoms with Gasteiger partial charge in [-0.1, -0.05) is 19.8 Å². The first-order valence-corrected chi connectivity index (χ1v) is 7.97. The predicted octanol–water partition coefficient (Wildman–Crippen LogP) is 2.78. The molecular weight excluding hydrogens is 298 g/mol. The number of nitrogens with one attached hydrogen (secondary N) is 2. The Morgan fingerprint density at radius 2 is 2.18 bits per heavy atom. The van der Waals surface area contributed by atoms with E-state index in [1.807, 2.05) is 0 Å². The van der Waals surface area contributed by atoms with Crippen LogP contribution in [0.1, 0.15) is 38.2 Å². The highest BCUT2D eigenvalue weighted by molar-refractivity contribution is 7.80. The van der Waals surface area contributed by atoms with Gasteiger partial charge >= 0.3 is 0 Å². The summed E-state index contributed by atoms with van der Waals surface area (Å²) in [5.74, 6) is 1.16. The fraction of sp³-hybridized carbons (Fsp3) is 0.500. The highest BCUT2D eigenvalue weighted by atomic mass is 32.1. The molecule has 0 amide bonds. The van der Waals surface area contributed by atoms with E-state index in [9.17, 15) is 5.11 Å². The first-order valence-electron chi connectivity index (χ1n) is 7.56. The van der Waals surface area contributed by atoms with Crippen molar-refractivity contribution in [1.82, 2.24) is 10.7 Å². The molecule has 0 unspecified atom stereocenters. The lowest BCUT2D eigenvalue weighted by molar-refractivity contribution is 0.308. The first kappa shape index (κ1) is 16.5. The largest absolute Gasteiger partial charge is 0.504 e. The third-order valence-corrected chi connectivity index (χ3v) is 4.22. The second-order valence-corrected chi connectivity index (χ2v) is 6.05. The number of benzene rings is 1. The maximum absolute atomic E-state index is 9.54. The van der Waals surface area contributed by atoms with Crippen LogP contribution < -0.4 is 15.5 Å². The van der Waals surface area contributed by atoms with E-state index in [0.29, 0.717) is 22.8 Å². The van der Waals surface area contributed by atoms with E-state index in [-0.39, 0.29) is 5.75 Å². The minimum atomic E-state index is 0.107. The summed E-state index contributed by atoms with van der Waals surface area (Å²) in [4.78, 5) is 0. The lowest BCUT2D eigenvalue weighted by Crippen LogP contribution is -2.44. The van der Waals surface area contributed by atoms with E-state index in [0.717, 1.165) is 12.0 Å². The van der Waals surface area contributed by atoms with Crippen molar-refractivity contribution in [2.45, 2.75) is 38.6 Å². The van der Waals surface area contributed by atoms with Gasteiger partial charge in [-0.05, 0) is 54.7 Å². The maximum Gasteiger partial charge on any atom is 0.187 e. The monoisotopic (exact) mass is 321 g/mol. The molecule has 0 bridgehead atoms. The SMILES string of the molecule is COc1cc(/C=N/NC(=S)N[C@@H]2CCCC[C@@H]2C)ccc1O. The number of thiocarbonyl (C=S) groups is 1. The summed E-state index contributed by atoms with van der Waals surface area (Å²) in [6.07, 6.45) is 6.60. The molecule has 22 heavy (non-hydrogen) atoms. The quantitative estimate of drug-likeness (QED) is 0.452. The zero-order valence-electron chi connectivity index (χ0n) is 13.0. The Labute approximate surface area is 136 Å². The zero-order valence-corrected chi connectivity index (χ0v) is 13.8. The lowest BCUT2D eigenvalue weighted by atomic mass is 9.86. The van der Waals surface area contributed by atoms with Gasteiger partial charge < -0.3 is 15.2 Å². The summed E-state index contributed by atoms with van der Waals surface area (Å²) in [6, 6.07) is 5.46. The molecule has 120 valence electrons. The Morgan fingerprint density at radius 3 is 2.91 bits per heavy atom. The summed E-state index contributed by atoms with van der Waals surface area (Å²) >= 11 is 5.27. The molecule has 1 aliphatic carbocycles. The highest BCUT2D eigenvalue weighted by Gasteiger charge is 2.21. The molecule has 1 aromatic carbocycles. The van der Waals surface area contributed by atoms with Gasteiger partial charge in [0.25, 0.3) is 0 Å². The van der Waals surface area contributed by atoms with Gasteiger partial charge in [0.05, 0.1) is 13.3 Å². The molecule has 0 saturated heterocycles. The molecule has 0 spiro atoms. The van der Waals surface area contributed by atoms with Crippen molar-refractivity contribution >= 4 is 23.5 Å². The van der Waals surface area contributed by atoms with Crippen LogP contribution in [-0.2, 0) is 0 Å². The molecule has 0 aromatic heterocycles. The second-order valence-electron chi connectivity index (χ2n) is 5.64. The van der Waals surface area contributed by atoms with Gasteiger partial charge in [0.2, 0.25) is 0 Å². The number of hydrogen-bond acceptors (Lipinski definition) is 4. The van der Waals surface area contributed by atoms with Crippen LogP contribution >= 0.6 is 12.2 Å². The summed E-state index contributed by atoms with van der Waals surface area (Å²) in [5, 5.41) is 17.5. The fourth-order valence-electron chi connectivity index (χ4n) is 2.67. The Balaban J connectivity index is 1.85. The summed E-state index contributed by atoms with van der Waals surface area (Å²) in [5.41, 5.74) is 3.65. The molecule has 1 fully saturated rings. The van der Waals surface area contributed by atoms with Gasteiger partial charge in [0.15, 0.2) is 16.6 Å². The van der Waals surface area contributed by atoms with Crippen molar-refractivity contribution in [3.63, 3.8) is 0 Å². The van der Waals surface area contributed by atoms with E-state index in [1.54, 1.807) is 24.4 Å². The molecule has 5 nitrogen and oxygen atoms in total. The number of rotatable bonds is 4. The van der Waals surface area contributed by atoms with Crippen LogP contribution in [0.2, 0.25) is 0 Å². The van der Waals surface area contributed by atoms with Crippen molar-refractivity contribution in [2.75, 3.05) is 7.11 Å². The fourth-order valence-corrected chi connectivity index (χ4v) is 2.88. The second kappa shape index (κ2) is 7.98. The number of hydrazone groups is 1. The molecule has 1 aliphatic rings. The van der Waals surface area contributed by atoms with E-state index in [4.69, 9.17) is 17.0 Å². The van der Waals surface area contributed by atoms with E-state index in [2.05, 4.69) is 22.8 Å². The first-order chi connectivity index (χ1) is 10.6. The predicted molar refractivity (Wildman–Crippen MR) is 92.5 cm³/mol. The molecule has 2 rings (SSSR count). The van der Waals surface area contributed by atoms with Crippen LogP contribution in [0.5, 0.6) is 11.5 Å². The van der Waals surface area contributed by atoms with Gasteiger partial charge in [0.1, 0.15) is 0 Å². The summed E-state index contributed by atoms with van der Waals surface area (Å²) < 4.78 is 5.06. The number of aromatic hydroxyl groups is 1. The number of ether oxygens (including phenoxy) is 1. The molecule has 6 heteroatoms. The van der Waals surface area contributed by atoms with Crippen LogP contribution in [-0.4, -0.2) is 29.6 Å². The third-order valence-electron chi connectivity index (χ3n) is 4.01. The number of hydrogen-bond donors (Lipinski definition) is 3. The van der Waals surface area contributed by atoms with E-state index >= 15 is 0 Å². The number of nitrogens with zero attached hydrogens (tertiary/aromatic N) is 1. The highest BCUT2D eigenvalue weighted by Crippen LogP contribution is 2.25. The number of phenolic OH excluding ortho intramolecular Hbond substituents is 1. The molecule has 0 aliphatic heterocycles. The lowest BCUT2D eigenvalue weighted by Gasteiger charge is -2.30. The summed E-state index contributed by atoms with van der Waals surface area (Å²) in [6.45, 7) is 2.26. The van der Waals surface area contributed by atoms with Crippen molar-refractivity contribution in [3.05, 3.63) is 23.8 Å². The van der Waals surface area contributed by atoms with Gasteiger partial charge in [-0.2, -0.15) is 5.10 Å². The summed E-state index contributed by atoms with van der Waals surface area (Å²) in [7, 11) is 1.51. The standard InChI is InChI=1S/C16H23N3O2S/c1-11-5-3-4-6-13(11)18-16(22)19-17-10-12-7-8-14(20)15(9-12)21-2/h7-11,13,20H,3-6H2,1-2H3,(H2,18,19,22)/b17-10+/t11-,13+/m0/s1. The minimum absolute atomic E-state index is 0.107. The Morgan fingerprint density at radius 1 is 1.41 bits per heavy atom. The smallest absolute Gasteiger partial charge is 0.187 e. The minimum Gasteiger partial charge on any atom is -0.504 e. The van der Waals surface area contributed by atoms with Crippen molar-refractivity contribution in [2.24, 2.45) is 11.0 Å². The van der Waals surface area contributed by atoms with Gasteiger partial charge in [-0.15, -0.1) is 0 Å². The average Bonchev–Trinajstić information content (AvgIpc) is 2.51. The Kier molecular flexibility index (Phi) is 6.00. The zero-order chi connectivity index (χ0) is 15.9. The molecule has 0 heterocycles. The Hall–Kier alpha value is -1.82. The van der Waals surface area contributed by atoms with Crippen LogP contribution in [0, 0.1) is 5.92 Å². The molecular formula is C16H23N3O2S. The van der Waals surface area contributed by atoms with Crippen molar-refractivity contribution in [3.8, 4) is 11.5 Å². The molecule has 1 aromatic rings. The molecule has 2 atom stereocenters. The van der Waals surface area contributed by atoms with Crippen LogP contribution in [0.15, 0.2) is 23.3 Å². The molecule has 3 N–H and O–H groups in total. The topological polar surface area (TPSA) is 65.9 Å². The average molecular weight is 321 g/mol. The number of methoxy groups -OCH3 is 1. The molecule has 1 saturated carbocycles. The van der Waals surface area contributed by atoms with Crippen molar-refractivity contribution in [1.29, 1.82) is 0 Å². The van der Waals surface area contributed by atoms with Crippen LogP contribution in [0.3, 0.4) is 0 Å².